The van der Waals surface area contributed by atoms with Gasteiger partial charge in [0.25, 0.3) is 11.6 Å². The smallest absolute Gasteiger partial charge is 0.290 e. The van der Waals surface area contributed by atoms with Crippen molar-refractivity contribution in [3.05, 3.63) is 51.3 Å². The number of carbonyl (C=O) groups excluding carboxylic acids is 2. The van der Waals surface area contributed by atoms with Gasteiger partial charge in [-0.05, 0) is 44.3 Å². The molecule has 1 saturated carbocycles. The van der Waals surface area contributed by atoms with Crippen molar-refractivity contribution in [2.45, 2.75) is 31.7 Å². The number of non-ortho nitro benzene ring substituents is 1. The number of aliphatic hydroxyl groups excluding tert-OH is 1. The number of amides is 1. The molecule has 1 atom stereocenters. The van der Waals surface area contributed by atoms with E-state index in [0.29, 0.717) is 18.7 Å². The van der Waals surface area contributed by atoms with E-state index in [-0.39, 0.29) is 23.0 Å². The molecule has 1 unspecified atom stereocenters. The Kier molecular flexibility index (Phi) is 4.89. The summed E-state index contributed by atoms with van der Waals surface area (Å²) in [5.41, 5.74) is 0.473. The zero-order valence-corrected chi connectivity index (χ0v) is 15.5. The highest BCUT2D eigenvalue weighted by atomic mass is 16.6. The minimum absolute atomic E-state index is 0.0921. The Bertz CT molecular complexity index is 855. The summed E-state index contributed by atoms with van der Waals surface area (Å²) >= 11 is 0. The highest BCUT2D eigenvalue weighted by Gasteiger charge is 2.47. The average molecular weight is 385 g/mol. The number of nitrogens with zero attached hydrogens (tertiary/aromatic N) is 3. The van der Waals surface area contributed by atoms with Gasteiger partial charge in [-0.25, -0.2) is 0 Å². The molecule has 1 saturated heterocycles. The molecule has 1 aliphatic carbocycles. The van der Waals surface area contributed by atoms with Gasteiger partial charge in [-0.1, -0.05) is 12.1 Å². The minimum Gasteiger partial charge on any atom is -0.503 e. The lowest BCUT2D eigenvalue weighted by molar-refractivity contribution is -0.384. The first-order chi connectivity index (χ1) is 13.5. The largest absolute Gasteiger partial charge is 0.503 e. The topological polar surface area (TPSA) is 104 Å². The summed E-state index contributed by atoms with van der Waals surface area (Å²) < 4.78 is 0. The maximum atomic E-state index is 12.8. The van der Waals surface area contributed by atoms with Crippen LogP contribution in [0, 0.1) is 16.0 Å². The molecule has 0 radical (unpaired) electrons. The van der Waals surface area contributed by atoms with Crippen LogP contribution in [0.25, 0.3) is 0 Å². The number of carbonyl (C=O) groups is 2. The van der Waals surface area contributed by atoms with Gasteiger partial charge in [0.15, 0.2) is 11.5 Å². The maximum Gasteiger partial charge on any atom is 0.290 e. The molecule has 0 spiro atoms. The summed E-state index contributed by atoms with van der Waals surface area (Å²) in [5.74, 6) is -1.45. The van der Waals surface area contributed by atoms with E-state index in [1.165, 1.54) is 17.0 Å². The molecule has 0 bridgehead atoms. The minimum atomic E-state index is -0.775. The van der Waals surface area contributed by atoms with Crippen LogP contribution in [0.5, 0.6) is 0 Å². The van der Waals surface area contributed by atoms with Gasteiger partial charge in [0.05, 0.1) is 16.5 Å². The van der Waals surface area contributed by atoms with E-state index in [2.05, 4.69) is 4.90 Å². The Morgan fingerprint density at radius 2 is 1.93 bits per heavy atom. The normalized spacial score (nSPS) is 22.9. The average Bonchev–Trinajstić information content (AvgIpc) is 3.36. The number of benzene rings is 1. The van der Waals surface area contributed by atoms with Gasteiger partial charge in [0.1, 0.15) is 0 Å². The van der Waals surface area contributed by atoms with Crippen LogP contribution in [0.2, 0.25) is 0 Å². The monoisotopic (exact) mass is 385 g/mol. The standard InChI is InChI=1S/C20H23N3O5/c24-18(13-6-7-13)16-17(14-4-3-5-15(12-14)23(27)28)22(20(26)19(16)25)11-10-21-8-1-2-9-21/h3-5,12-13,17,25H,1-2,6-11H2. The second-order valence-electron chi connectivity index (χ2n) is 7.70. The van der Waals surface area contributed by atoms with Gasteiger partial charge in [-0.3, -0.25) is 19.7 Å². The third kappa shape index (κ3) is 3.40. The predicted molar refractivity (Wildman–Crippen MR) is 101 cm³/mol. The van der Waals surface area contributed by atoms with Crippen molar-refractivity contribution in [1.82, 2.24) is 9.80 Å². The molecular weight excluding hydrogens is 362 g/mol. The van der Waals surface area contributed by atoms with Crippen LogP contribution in [0.3, 0.4) is 0 Å². The number of Topliss-reactive ketones (excluding diaryl/α,β-unsaturated/α-hetero) is 1. The molecule has 1 aromatic carbocycles. The lowest BCUT2D eigenvalue weighted by atomic mass is 9.94. The molecule has 1 aromatic rings. The Morgan fingerprint density at radius 3 is 2.57 bits per heavy atom. The Labute approximate surface area is 162 Å². The SMILES string of the molecule is O=C(C1=C(O)C(=O)N(CCN2CCCC2)C1c1cccc([N+](=O)[O-])c1)C1CC1. The molecule has 0 aromatic heterocycles. The number of rotatable bonds is 7. The lowest BCUT2D eigenvalue weighted by Crippen LogP contribution is -2.38. The molecule has 4 rings (SSSR count). The van der Waals surface area contributed by atoms with Gasteiger partial charge < -0.3 is 14.9 Å². The van der Waals surface area contributed by atoms with Crippen molar-refractivity contribution in [2.75, 3.05) is 26.2 Å². The highest BCUT2D eigenvalue weighted by Crippen LogP contribution is 2.43. The van der Waals surface area contributed by atoms with Crippen molar-refractivity contribution in [3.8, 4) is 0 Å². The zero-order chi connectivity index (χ0) is 19.8. The van der Waals surface area contributed by atoms with Gasteiger partial charge in [-0.2, -0.15) is 0 Å². The Morgan fingerprint density at radius 1 is 1.21 bits per heavy atom. The number of nitro benzene ring substituents is 1. The number of nitro groups is 1. The van der Waals surface area contributed by atoms with Gasteiger partial charge >= 0.3 is 0 Å². The Hall–Kier alpha value is -2.74. The van der Waals surface area contributed by atoms with Crippen LogP contribution in [-0.4, -0.2) is 57.7 Å². The fourth-order valence-electron chi connectivity index (χ4n) is 4.11. The third-order valence-corrected chi connectivity index (χ3v) is 5.77. The molecule has 1 N–H and O–H groups in total. The zero-order valence-electron chi connectivity index (χ0n) is 15.5. The third-order valence-electron chi connectivity index (χ3n) is 5.77. The van der Waals surface area contributed by atoms with E-state index in [4.69, 9.17) is 0 Å². The fraction of sp³-hybridized carbons (Fsp3) is 0.500. The molecule has 8 nitrogen and oxygen atoms in total. The van der Waals surface area contributed by atoms with Crippen molar-refractivity contribution < 1.29 is 19.6 Å². The molecule has 148 valence electrons. The summed E-state index contributed by atoms with van der Waals surface area (Å²) in [5, 5.41) is 21.7. The summed E-state index contributed by atoms with van der Waals surface area (Å²) in [6.07, 6.45) is 3.74. The number of hydrogen-bond acceptors (Lipinski definition) is 6. The van der Waals surface area contributed by atoms with Gasteiger partial charge in [0, 0.05) is 31.1 Å². The van der Waals surface area contributed by atoms with E-state index < -0.39 is 22.6 Å². The lowest BCUT2D eigenvalue weighted by Gasteiger charge is -2.28. The van der Waals surface area contributed by atoms with Crippen LogP contribution < -0.4 is 0 Å². The van der Waals surface area contributed by atoms with Crippen molar-refractivity contribution in [3.63, 3.8) is 0 Å². The van der Waals surface area contributed by atoms with Crippen LogP contribution >= 0.6 is 0 Å². The number of ketones is 1. The molecule has 2 fully saturated rings. The molecular formula is C20H23N3O5. The molecule has 3 aliphatic rings. The van der Waals surface area contributed by atoms with Gasteiger partial charge in [0.2, 0.25) is 0 Å². The molecule has 1 amide bonds. The second kappa shape index (κ2) is 7.35. The van der Waals surface area contributed by atoms with E-state index in [1.54, 1.807) is 12.1 Å². The summed E-state index contributed by atoms with van der Waals surface area (Å²) in [7, 11) is 0. The summed E-state index contributed by atoms with van der Waals surface area (Å²) in [6.45, 7) is 2.95. The quantitative estimate of drug-likeness (QED) is 0.571. The van der Waals surface area contributed by atoms with Crippen LogP contribution in [0.4, 0.5) is 5.69 Å². The highest BCUT2D eigenvalue weighted by molar-refractivity contribution is 6.10. The van der Waals surface area contributed by atoms with Gasteiger partial charge in [-0.15, -0.1) is 0 Å². The Balaban J connectivity index is 1.68. The van der Waals surface area contributed by atoms with Crippen LogP contribution in [0.1, 0.15) is 37.3 Å². The summed E-state index contributed by atoms with van der Waals surface area (Å²) in [4.78, 5) is 40.1. The van der Waals surface area contributed by atoms with Crippen LogP contribution in [0.15, 0.2) is 35.6 Å². The summed E-state index contributed by atoms with van der Waals surface area (Å²) in [6, 6.07) is 5.21. The van der Waals surface area contributed by atoms with Crippen molar-refractivity contribution in [1.29, 1.82) is 0 Å². The number of hydrogen-bond donors (Lipinski definition) is 1. The number of likely N-dealkylation sites (tertiary alicyclic amines) is 1. The first kappa shape index (κ1) is 18.6. The van der Waals surface area contributed by atoms with Crippen LogP contribution in [-0.2, 0) is 9.59 Å². The van der Waals surface area contributed by atoms with E-state index in [9.17, 15) is 24.8 Å². The molecule has 2 aliphatic heterocycles. The first-order valence-corrected chi connectivity index (χ1v) is 9.72. The molecule has 28 heavy (non-hydrogen) atoms. The maximum absolute atomic E-state index is 12.8. The second-order valence-corrected chi connectivity index (χ2v) is 7.70. The molecule has 8 heteroatoms. The molecule has 2 heterocycles. The first-order valence-electron chi connectivity index (χ1n) is 9.72. The van der Waals surface area contributed by atoms with Crippen molar-refractivity contribution >= 4 is 17.4 Å². The van der Waals surface area contributed by atoms with Crippen molar-refractivity contribution in [2.24, 2.45) is 5.92 Å². The van der Waals surface area contributed by atoms with E-state index in [0.717, 1.165) is 38.8 Å². The number of aliphatic hydroxyl groups is 1. The van der Waals surface area contributed by atoms with E-state index >= 15 is 0 Å². The fourth-order valence-corrected chi connectivity index (χ4v) is 4.11. The van der Waals surface area contributed by atoms with E-state index in [1.807, 2.05) is 0 Å². The predicted octanol–water partition coefficient (Wildman–Crippen LogP) is 2.37.